The zero-order valence-electron chi connectivity index (χ0n) is 11.1. The monoisotopic (exact) mass is 316 g/mol. The first-order valence-electron chi connectivity index (χ1n) is 6.00. The summed E-state index contributed by atoms with van der Waals surface area (Å²) in [4.78, 5) is 25.0. The number of benzene rings is 1. The fraction of sp³-hybridized carbons (Fsp3) is 0.385. The van der Waals surface area contributed by atoms with E-state index in [4.69, 9.17) is 27.9 Å². The minimum Gasteiger partial charge on any atom is -0.494 e. The van der Waals surface area contributed by atoms with Gasteiger partial charge in [-0.05, 0) is 12.1 Å². The van der Waals surface area contributed by atoms with E-state index < -0.39 is 0 Å². The first kappa shape index (κ1) is 14.9. The van der Waals surface area contributed by atoms with E-state index in [0.29, 0.717) is 28.0 Å². The lowest BCUT2D eigenvalue weighted by molar-refractivity contribution is -0.127. The van der Waals surface area contributed by atoms with Gasteiger partial charge in [-0.15, -0.1) is 0 Å². The Balaban J connectivity index is 2.11. The van der Waals surface area contributed by atoms with Crippen LogP contribution in [-0.2, 0) is 9.59 Å². The van der Waals surface area contributed by atoms with Crippen molar-refractivity contribution in [2.45, 2.75) is 6.42 Å². The average molecular weight is 317 g/mol. The molecule has 0 spiro atoms. The van der Waals surface area contributed by atoms with E-state index in [1.54, 1.807) is 19.2 Å². The van der Waals surface area contributed by atoms with Gasteiger partial charge in [0.15, 0.2) is 5.75 Å². The predicted molar refractivity (Wildman–Crippen MR) is 77.4 cm³/mol. The van der Waals surface area contributed by atoms with E-state index in [-0.39, 0.29) is 24.2 Å². The molecule has 20 heavy (non-hydrogen) atoms. The van der Waals surface area contributed by atoms with Crippen molar-refractivity contribution in [3.8, 4) is 5.75 Å². The van der Waals surface area contributed by atoms with Crippen LogP contribution in [0.3, 0.4) is 0 Å². The molecule has 1 saturated heterocycles. The number of anilines is 1. The Labute approximate surface area is 126 Å². The zero-order chi connectivity index (χ0) is 14.9. The largest absolute Gasteiger partial charge is 0.494 e. The van der Waals surface area contributed by atoms with Crippen LogP contribution >= 0.6 is 23.2 Å². The van der Waals surface area contributed by atoms with E-state index in [1.807, 2.05) is 0 Å². The molecule has 0 bridgehead atoms. The summed E-state index contributed by atoms with van der Waals surface area (Å²) in [7, 11) is 3.14. The van der Waals surface area contributed by atoms with E-state index in [0.717, 1.165) is 0 Å². The summed E-state index contributed by atoms with van der Waals surface area (Å²) >= 11 is 12.0. The van der Waals surface area contributed by atoms with Crippen LogP contribution < -0.4 is 10.1 Å². The zero-order valence-corrected chi connectivity index (χ0v) is 12.6. The van der Waals surface area contributed by atoms with Gasteiger partial charge < -0.3 is 15.0 Å². The molecule has 2 rings (SSSR count). The summed E-state index contributed by atoms with van der Waals surface area (Å²) in [5, 5.41) is 3.35. The molecule has 1 aliphatic rings. The van der Waals surface area contributed by atoms with Gasteiger partial charge in [-0.1, -0.05) is 23.2 Å². The minimum absolute atomic E-state index is 0.0315. The average Bonchev–Trinajstić information content (AvgIpc) is 2.69. The number of hydrogen-bond donors (Lipinski definition) is 1. The van der Waals surface area contributed by atoms with Gasteiger partial charge in [0.2, 0.25) is 11.8 Å². The number of nitrogens with one attached hydrogen (secondary N) is 1. The molecule has 108 valence electrons. The summed E-state index contributed by atoms with van der Waals surface area (Å²) in [6.07, 6.45) is 0.222. The highest BCUT2D eigenvalue weighted by atomic mass is 35.5. The predicted octanol–water partition coefficient (Wildman–Crippen LogP) is 2.42. The summed E-state index contributed by atoms with van der Waals surface area (Å²) < 4.78 is 5.04. The summed E-state index contributed by atoms with van der Waals surface area (Å²) in [6.45, 7) is 0.419. The highest BCUT2D eigenvalue weighted by molar-refractivity contribution is 6.37. The molecule has 2 amide bonds. The van der Waals surface area contributed by atoms with Crippen molar-refractivity contribution >= 4 is 40.7 Å². The Hall–Kier alpha value is -1.46. The van der Waals surface area contributed by atoms with Gasteiger partial charge >= 0.3 is 0 Å². The van der Waals surface area contributed by atoms with E-state index in [2.05, 4.69) is 5.32 Å². The Morgan fingerprint density at radius 1 is 1.40 bits per heavy atom. The number of carbonyl (C=O) groups excluding carboxylic acids is 2. The number of carbonyl (C=O) groups is 2. The lowest BCUT2D eigenvalue weighted by Gasteiger charge is -2.13. The fourth-order valence-electron chi connectivity index (χ4n) is 2.11. The molecule has 0 aromatic heterocycles. The van der Waals surface area contributed by atoms with Crippen LogP contribution in [0.1, 0.15) is 6.42 Å². The molecule has 0 aliphatic carbocycles. The Bertz CT molecular complexity index is 540. The van der Waals surface area contributed by atoms with Crippen molar-refractivity contribution in [2.75, 3.05) is 26.0 Å². The second kappa shape index (κ2) is 5.89. The van der Waals surface area contributed by atoms with Crippen molar-refractivity contribution < 1.29 is 14.3 Å². The maximum Gasteiger partial charge on any atom is 0.229 e. The van der Waals surface area contributed by atoms with E-state index in [9.17, 15) is 9.59 Å². The van der Waals surface area contributed by atoms with E-state index >= 15 is 0 Å². The third-order valence-electron chi connectivity index (χ3n) is 3.18. The molecule has 1 fully saturated rings. The first-order valence-corrected chi connectivity index (χ1v) is 6.75. The topological polar surface area (TPSA) is 58.6 Å². The van der Waals surface area contributed by atoms with Crippen LogP contribution in [0, 0.1) is 5.92 Å². The summed E-state index contributed by atoms with van der Waals surface area (Å²) in [5.41, 5.74) is 0.479. The van der Waals surface area contributed by atoms with Gasteiger partial charge in [0.25, 0.3) is 0 Å². The molecule has 7 heteroatoms. The van der Waals surface area contributed by atoms with Crippen LogP contribution in [0.5, 0.6) is 5.75 Å². The van der Waals surface area contributed by atoms with Crippen molar-refractivity contribution in [3.05, 3.63) is 22.2 Å². The Kier molecular flexibility index (Phi) is 4.40. The molecule has 1 atom stereocenters. The number of ether oxygens (including phenoxy) is 1. The Morgan fingerprint density at radius 2 is 2.00 bits per heavy atom. The third-order valence-corrected chi connectivity index (χ3v) is 3.74. The molecular formula is C13H14Cl2N2O3. The van der Waals surface area contributed by atoms with Gasteiger partial charge in [0, 0.05) is 25.7 Å². The van der Waals surface area contributed by atoms with Gasteiger partial charge in [-0.3, -0.25) is 9.59 Å². The highest BCUT2D eigenvalue weighted by Gasteiger charge is 2.32. The first-order chi connectivity index (χ1) is 9.42. The molecule has 1 N–H and O–H groups in total. The van der Waals surface area contributed by atoms with Gasteiger partial charge in [0.05, 0.1) is 23.1 Å². The second-order valence-electron chi connectivity index (χ2n) is 4.64. The maximum absolute atomic E-state index is 12.1. The summed E-state index contributed by atoms with van der Waals surface area (Å²) in [5.74, 6) is -0.245. The van der Waals surface area contributed by atoms with Crippen LogP contribution in [0.2, 0.25) is 10.0 Å². The van der Waals surface area contributed by atoms with Crippen molar-refractivity contribution in [1.29, 1.82) is 0 Å². The quantitative estimate of drug-likeness (QED) is 0.931. The number of rotatable bonds is 3. The molecule has 5 nitrogen and oxygen atoms in total. The van der Waals surface area contributed by atoms with Crippen molar-refractivity contribution in [3.63, 3.8) is 0 Å². The number of nitrogens with zero attached hydrogens (tertiary/aromatic N) is 1. The van der Waals surface area contributed by atoms with Crippen LogP contribution in [0.25, 0.3) is 0 Å². The normalized spacial score (nSPS) is 18.3. The maximum atomic E-state index is 12.1. The van der Waals surface area contributed by atoms with Crippen LogP contribution in [0.4, 0.5) is 5.69 Å². The van der Waals surface area contributed by atoms with E-state index in [1.165, 1.54) is 12.0 Å². The molecule has 1 aromatic rings. The second-order valence-corrected chi connectivity index (χ2v) is 5.45. The smallest absolute Gasteiger partial charge is 0.229 e. The molecule has 1 heterocycles. The molecule has 1 aliphatic heterocycles. The van der Waals surface area contributed by atoms with Crippen LogP contribution in [-0.4, -0.2) is 37.4 Å². The van der Waals surface area contributed by atoms with Gasteiger partial charge in [-0.2, -0.15) is 0 Å². The lowest BCUT2D eigenvalue weighted by atomic mass is 10.1. The molecule has 1 aromatic carbocycles. The van der Waals surface area contributed by atoms with Gasteiger partial charge in [-0.25, -0.2) is 0 Å². The molecular weight excluding hydrogens is 303 g/mol. The Morgan fingerprint density at radius 3 is 2.45 bits per heavy atom. The number of halogens is 2. The fourth-order valence-corrected chi connectivity index (χ4v) is 2.75. The SMILES string of the molecule is COc1c(Cl)cc(NC(=O)[C@H]2CC(=O)N(C)C2)cc1Cl. The number of amides is 2. The van der Waals surface area contributed by atoms with Gasteiger partial charge in [0.1, 0.15) is 0 Å². The molecule has 0 unspecified atom stereocenters. The standard InChI is InChI=1S/C13H14Cl2N2O3/c1-17-6-7(3-11(17)18)13(19)16-8-4-9(14)12(20-2)10(15)5-8/h4-5,7H,3,6H2,1-2H3,(H,16,19)/t7-/m0/s1. The number of methoxy groups -OCH3 is 1. The lowest BCUT2D eigenvalue weighted by Crippen LogP contribution is -2.25. The summed E-state index contributed by atoms with van der Waals surface area (Å²) in [6, 6.07) is 3.12. The highest BCUT2D eigenvalue weighted by Crippen LogP contribution is 2.35. The number of hydrogen-bond acceptors (Lipinski definition) is 3. The molecule has 0 saturated carbocycles. The third kappa shape index (κ3) is 2.99. The minimum atomic E-state index is -0.354. The van der Waals surface area contributed by atoms with Crippen molar-refractivity contribution in [2.24, 2.45) is 5.92 Å². The molecule has 0 radical (unpaired) electrons. The number of likely N-dealkylation sites (tertiary alicyclic amines) is 1. The van der Waals surface area contributed by atoms with Crippen molar-refractivity contribution in [1.82, 2.24) is 4.90 Å². The van der Waals surface area contributed by atoms with Crippen LogP contribution in [0.15, 0.2) is 12.1 Å².